The minimum Gasteiger partial charge on any atom is -0.454 e. The summed E-state index contributed by atoms with van der Waals surface area (Å²) < 4.78 is 40.6. The number of pyridine rings is 1. The van der Waals surface area contributed by atoms with Crippen molar-refractivity contribution in [3.8, 4) is 11.5 Å². The molecule has 2 aromatic carbocycles. The predicted octanol–water partition coefficient (Wildman–Crippen LogP) is 1.91. The van der Waals surface area contributed by atoms with Gasteiger partial charge in [-0.25, -0.2) is 13.1 Å². The van der Waals surface area contributed by atoms with Gasteiger partial charge in [0.1, 0.15) is 5.82 Å². The largest absolute Gasteiger partial charge is 0.454 e. The predicted molar refractivity (Wildman–Crippen MR) is 122 cm³/mol. The molecule has 3 heterocycles. The number of ether oxygens (including phenoxy) is 2. The van der Waals surface area contributed by atoms with Crippen LogP contribution < -0.4 is 19.5 Å². The molecular weight excluding hydrogens is 458 g/mol. The van der Waals surface area contributed by atoms with E-state index in [1.54, 1.807) is 24.3 Å². The van der Waals surface area contributed by atoms with Crippen LogP contribution in [-0.4, -0.2) is 42.3 Å². The van der Waals surface area contributed by atoms with E-state index in [1.165, 1.54) is 18.2 Å². The van der Waals surface area contributed by atoms with Gasteiger partial charge in [0.25, 0.3) is 5.91 Å². The Morgan fingerprint density at radius 2 is 1.88 bits per heavy atom. The standard InChI is InChI=1S/C23H21N5O5S/c29-23(24-10-9-22-27-26-21-6-1-2-11-28(21)22)17-4-3-5-18(13-17)34(30,31)25-14-16-7-8-19-20(12-16)33-15-32-19/h1-8,11-13,25H,9-10,14-15H2,(H,24,29). The molecule has 1 aliphatic heterocycles. The molecular formula is C23H21N5O5S. The molecule has 0 saturated heterocycles. The summed E-state index contributed by atoms with van der Waals surface area (Å²) in [6.07, 6.45) is 2.34. The molecule has 0 spiro atoms. The minimum absolute atomic E-state index is 0.00402. The third kappa shape index (κ3) is 4.56. The SMILES string of the molecule is O=C(NCCc1nnc2ccccn12)c1cccc(S(=O)(=O)NCc2ccc3c(c2)OCO3)c1. The average Bonchev–Trinajstić information content (AvgIpc) is 3.49. The van der Waals surface area contributed by atoms with Gasteiger partial charge in [0, 0.05) is 31.3 Å². The Morgan fingerprint density at radius 1 is 1.00 bits per heavy atom. The molecule has 0 unspecified atom stereocenters. The molecule has 0 atom stereocenters. The summed E-state index contributed by atoms with van der Waals surface area (Å²) in [5.74, 6) is 1.55. The van der Waals surface area contributed by atoms with Gasteiger partial charge in [-0.2, -0.15) is 0 Å². The van der Waals surface area contributed by atoms with Crippen LogP contribution in [0.1, 0.15) is 21.7 Å². The molecule has 0 fully saturated rings. The molecule has 0 aliphatic carbocycles. The summed E-state index contributed by atoms with van der Waals surface area (Å²) >= 11 is 0. The van der Waals surface area contributed by atoms with Crippen molar-refractivity contribution in [3.05, 3.63) is 83.8 Å². The maximum Gasteiger partial charge on any atom is 0.251 e. The first-order valence-corrected chi connectivity index (χ1v) is 12.0. The van der Waals surface area contributed by atoms with Gasteiger partial charge < -0.3 is 14.8 Å². The Morgan fingerprint density at radius 3 is 2.79 bits per heavy atom. The first-order chi connectivity index (χ1) is 16.5. The first-order valence-electron chi connectivity index (χ1n) is 10.5. The summed E-state index contributed by atoms with van der Waals surface area (Å²) in [5.41, 5.74) is 1.70. The minimum atomic E-state index is -3.83. The van der Waals surface area contributed by atoms with Gasteiger partial charge in [0.15, 0.2) is 17.1 Å². The van der Waals surface area contributed by atoms with Crippen molar-refractivity contribution >= 4 is 21.6 Å². The van der Waals surface area contributed by atoms with Crippen LogP contribution in [-0.2, 0) is 23.0 Å². The molecule has 4 aromatic rings. The molecule has 34 heavy (non-hydrogen) atoms. The number of carbonyl (C=O) groups is 1. The van der Waals surface area contributed by atoms with Gasteiger partial charge in [-0.1, -0.05) is 18.2 Å². The second-order valence-electron chi connectivity index (χ2n) is 7.59. The van der Waals surface area contributed by atoms with E-state index in [0.717, 1.165) is 17.0 Å². The van der Waals surface area contributed by atoms with E-state index in [2.05, 4.69) is 20.2 Å². The highest BCUT2D eigenvalue weighted by Crippen LogP contribution is 2.32. The van der Waals surface area contributed by atoms with Crippen LogP contribution in [0.2, 0.25) is 0 Å². The van der Waals surface area contributed by atoms with E-state index in [-0.39, 0.29) is 29.7 Å². The van der Waals surface area contributed by atoms with E-state index in [0.29, 0.717) is 24.5 Å². The van der Waals surface area contributed by atoms with Gasteiger partial charge in [0.2, 0.25) is 16.8 Å². The lowest BCUT2D eigenvalue weighted by Crippen LogP contribution is -2.27. The Labute approximate surface area is 195 Å². The zero-order chi connectivity index (χ0) is 23.5. The molecule has 1 amide bonds. The van der Waals surface area contributed by atoms with Crippen LogP contribution in [0.5, 0.6) is 11.5 Å². The summed E-state index contributed by atoms with van der Waals surface area (Å²) in [7, 11) is -3.83. The molecule has 174 valence electrons. The van der Waals surface area contributed by atoms with Crippen LogP contribution in [0.25, 0.3) is 5.65 Å². The number of sulfonamides is 1. The smallest absolute Gasteiger partial charge is 0.251 e. The van der Waals surface area contributed by atoms with Gasteiger partial charge in [-0.05, 0) is 48.0 Å². The zero-order valence-electron chi connectivity index (χ0n) is 18.0. The molecule has 11 heteroatoms. The number of rotatable bonds is 8. The van der Waals surface area contributed by atoms with Crippen molar-refractivity contribution in [2.75, 3.05) is 13.3 Å². The lowest BCUT2D eigenvalue weighted by atomic mass is 10.2. The summed E-state index contributed by atoms with van der Waals surface area (Å²) in [5, 5.41) is 11.0. The zero-order valence-corrected chi connectivity index (χ0v) is 18.8. The lowest BCUT2D eigenvalue weighted by Gasteiger charge is -2.09. The first kappa shape index (κ1) is 21.9. The maximum atomic E-state index is 12.8. The maximum absolute atomic E-state index is 12.8. The fraction of sp³-hybridized carbons (Fsp3) is 0.174. The monoisotopic (exact) mass is 479 g/mol. The van der Waals surface area contributed by atoms with Crippen molar-refractivity contribution in [3.63, 3.8) is 0 Å². The number of fused-ring (bicyclic) bond motifs is 2. The van der Waals surface area contributed by atoms with Crippen molar-refractivity contribution in [1.82, 2.24) is 24.6 Å². The number of benzene rings is 2. The summed E-state index contributed by atoms with van der Waals surface area (Å²) in [6.45, 7) is 0.546. The Balaban J connectivity index is 1.21. The molecule has 2 aromatic heterocycles. The highest BCUT2D eigenvalue weighted by atomic mass is 32.2. The van der Waals surface area contributed by atoms with Crippen molar-refractivity contribution in [1.29, 1.82) is 0 Å². The Hall–Kier alpha value is -3.96. The fourth-order valence-electron chi connectivity index (χ4n) is 3.57. The van der Waals surface area contributed by atoms with Crippen molar-refractivity contribution in [2.45, 2.75) is 17.9 Å². The van der Waals surface area contributed by atoms with E-state index in [1.807, 2.05) is 28.8 Å². The van der Waals surface area contributed by atoms with E-state index in [4.69, 9.17) is 9.47 Å². The molecule has 10 nitrogen and oxygen atoms in total. The van der Waals surface area contributed by atoms with Crippen LogP contribution in [0, 0.1) is 0 Å². The lowest BCUT2D eigenvalue weighted by molar-refractivity contribution is 0.0953. The number of aromatic nitrogens is 3. The van der Waals surface area contributed by atoms with Gasteiger partial charge in [-0.3, -0.25) is 9.20 Å². The Kier molecular flexibility index (Phi) is 5.86. The number of hydrogen-bond acceptors (Lipinski definition) is 7. The molecule has 2 N–H and O–H groups in total. The van der Waals surface area contributed by atoms with Crippen molar-refractivity contribution in [2.24, 2.45) is 0 Å². The van der Waals surface area contributed by atoms with Gasteiger partial charge >= 0.3 is 0 Å². The van der Waals surface area contributed by atoms with E-state index < -0.39 is 10.0 Å². The third-order valence-electron chi connectivity index (χ3n) is 5.33. The summed E-state index contributed by atoms with van der Waals surface area (Å²) in [6, 6.07) is 16.7. The number of nitrogens with zero attached hydrogens (tertiary/aromatic N) is 3. The highest BCUT2D eigenvalue weighted by Gasteiger charge is 2.18. The van der Waals surface area contributed by atoms with Crippen LogP contribution >= 0.6 is 0 Å². The van der Waals surface area contributed by atoms with E-state index in [9.17, 15) is 13.2 Å². The fourth-order valence-corrected chi connectivity index (χ4v) is 4.63. The second kappa shape index (κ2) is 9.12. The molecule has 0 saturated carbocycles. The van der Waals surface area contributed by atoms with Gasteiger partial charge in [-0.15, -0.1) is 10.2 Å². The number of carbonyl (C=O) groups excluding carboxylic acids is 1. The van der Waals surface area contributed by atoms with Crippen LogP contribution in [0.4, 0.5) is 0 Å². The number of amides is 1. The van der Waals surface area contributed by atoms with Crippen molar-refractivity contribution < 1.29 is 22.7 Å². The molecule has 1 aliphatic rings. The molecule has 0 bridgehead atoms. The normalized spacial score (nSPS) is 12.7. The summed E-state index contributed by atoms with van der Waals surface area (Å²) in [4.78, 5) is 12.6. The molecule has 5 rings (SSSR count). The van der Waals surface area contributed by atoms with Gasteiger partial charge in [0.05, 0.1) is 4.90 Å². The van der Waals surface area contributed by atoms with E-state index >= 15 is 0 Å². The highest BCUT2D eigenvalue weighted by molar-refractivity contribution is 7.89. The average molecular weight is 480 g/mol. The quantitative estimate of drug-likeness (QED) is 0.396. The third-order valence-corrected chi connectivity index (χ3v) is 6.73. The molecule has 0 radical (unpaired) electrons. The van der Waals surface area contributed by atoms with Crippen LogP contribution in [0.3, 0.4) is 0 Å². The van der Waals surface area contributed by atoms with Crippen LogP contribution in [0.15, 0.2) is 71.8 Å². The number of nitrogens with one attached hydrogen (secondary N) is 2. The number of hydrogen-bond donors (Lipinski definition) is 2. The topological polar surface area (TPSA) is 124 Å². The second-order valence-corrected chi connectivity index (χ2v) is 9.36. The Bertz CT molecular complexity index is 1470.